The molecule has 0 unspecified atom stereocenters. The second-order valence-corrected chi connectivity index (χ2v) is 6.41. The van der Waals surface area contributed by atoms with Gasteiger partial charge in [-0.25, -0.2) is 14.8 Å². The van der Waals surface area contributed by atoms with Crippen LogP contribution in [0.3, 0.4) is 0 Å². The van der Waals surface area contributed by atoms with Gasteiger partial charge >= 0.3 is 6.03 Å². The molecule has 26 heavy (non-hydrogen) atoms. The molecule has 4 rings (SSSR count). The second-order valence-electron chi connectivity index (χ2n) is 6.41. The molecule has 4 heterocycles. The van der Waals surface area contributed by atoms with Gasteiger partial charge < -0.3 is 19.8 Å². The number of aromatic amines is 1. The molecular weight excluding hydrogens is 328 g/mol. The van der Waals surface area contributed by atoms with Crippen molar-refractivity contribution in [2.45, 2.75) is 19.4 Å². The molecule has 0 aliphatic carbocycles. The zero-order valence-corrected chi connectivity index (χ0v) is 14.6. The van der Waals surface area contributed by atoms with Gasteiger partial charge in [0.05, 0.1) is 6.33 Å². The summed E-state index contributed by atoms with van der Waals surface area (Å²) in [6, 6.07) is 4.03. The number of pyridine rings is 1. The number of aromatic nitrogens is 4. The van der Waals surface area contributed by atoms with Crippen molar-refractivity contribution in [3.63, 3.8) is 0 Å². The number of nitrogens with zero attached hydrogens (tertiary/aromatic N) is 4. The summed E-state index contributed by atoms with van der Waals surface area (Å²) in [7, 11) is 0. The van der Waals surface area contributed by atoms with E-state index < -0.39 is 0 Å². The van der Waals surface area contributed by atoms with E-state index in [1.54, 1.807) is 18.7 Å². The number of aryl methyl sites for hydroxylation is 1. The minimum Gasteiger partial charge on any atom is -0.346 e. The first-order valence-electron chi connectivity index (χ1n) is 8.91. The minimum atomic E-state index is 0.00604. The number of H-pyrrole nitrogens is 1. The molecule has 7 heteroatoms. The topological polar surface area (TPSA) is 78.8 Å². The van der Waals surface area contributed by atoms with Gasteiger partial charge in [0.25, 0.3) is 0 Å². The number of urea groups is 1. The van der Waals surface area contributed by atoms with Gasteiger partial charge in [-0.2, -0.15) is 0 Å². The van der Waals surface area contributed by atoms with E-state index in [1.807, 2.05) is 27.9 Å². The van der Waals surface area contributed by atoms with Crippen LogP contribution in [0.25, 0.3) is 16.6 Å². The van der Waals surface area contributed by atoms with Crippen LogP contribution in [0.5, 0.6) is 0 Å². The maximum Gasteiger partial charge on any atom is 0.317 e. The maximum atomic E-state index is 12.3. The number of carbonyl (C=O) groups is 1. The van der Waals surface area contributed by atoms with Crippen molar-refractivity contribution < 1.29 is 4.79 Å². The van der Waals surface area contributed by atoms with E-state index in [0.29, 0.717) is 13.1 Å². The third-order valence-corrected chi connectivity index (χ3v) is 4.72. The highest BCUT2D eigenvalue weighted by molar-refractivity contribution is 5.91. The number of fused-ring (bicyclic) bond motifs is 1. The number of carbonyl (C=O) groups excluding carboxylic acids is 1. The maximum absolute atomic E-state index is 12.3. The Balaban J connectivity index is 1.30. The van der Waals surface area contributed by atoms with Crippen LogP contribution in [-0.2, 0) is 6.54 Å². The fourth-order valence-corrected chi connectivity index (χ4v) is 3.31. The lowest BCUT2D eigenvalue weighted by atomic mass is 10.00. The van der Waals surface area contributed by atoms with E-state index in [9.17, 15) is 4.79 Å². The Labute approximate surface area is 151 Å². The summed E-state index contributed by atoms with van der Waals surface area (Å²) in [6.07, 6.45) is 13.2. The van der Waals surface area contributed by atoms with E-state index in [2.05, 4.69) is 32.4 Å². The fraction of sp³-hybridized carbons (Fsp3) is 0.316. The standard InChI is InChI=1S/C19H22N6O/c26-19(22-7-2-9-24-12-8-20-14-24)25-10-4-15(5-11-25)17-13-23-18-16(17)3-1-6-21-18/h1,3-4,6,8,12-14H,2,5,7,9-11H2,(H,21,23)(H,22,26). The number of imidazole rings is 1. The zero-order valence-electron chi connectivity index (χ0n) is 14.6. The summed E-state index contributed by atoms with van der Waals surface area (Å²) in [6.45, 7) is 2.89. The molecule has 2 N–H and O–H groups in total. The van der Waals surface area contributed by atoms with Crippen molar-refractivity contribution in [2.24, 2.45) is 0 Å². The van der Waals surface area contributed by atoms with Gasteiger partial charge in [-0.1, -0.05) is 6.08 Å². The fourth-order valence-electron chi connectivity index (χ4n) is 3.31. The molecule has 0 saturated carbocycles. The SMILES string of the molecule is O=C(NCCCn1ccnc1)N1CC=C(c2c[nH]c3ncccc23)CC1. The first kappa shape index (κ1) is 16.4. The lowest BCUT2D eigenvalue weighted by Crippen LogP contribution is -2.42. The Morgan fingerprint density at radius 1 is 1.35 bits per heavy atom. The van der Waals surface area contributed by atoms with Crippen LogP contribution in [0.4, 0.5) is 4.79 Å². The molecule has 0 spiro atoms. The largest absolute Gasteiger partial charge is 0.346 e. The van der Waals surface area contributed by atoms with E-state index >= 15 is 0 Å². The molecule has 0 fully saturated rings. The highest BCUT2D eigenvalue weighted by atomic mass is 16.2. The first-order chi connectivity index (χ1) is 12.8. The predicted octanol–water partition coefficient (Wildman–Crippen LogP) is 2.65. The Bertz CT molecular complexity index is 911. The van der Waals surface area contributed by atoms with Crippen LogP contribution in [-0.4, -0.2) is 50.1 Å². The summed E-state index contributed by atoms with van der Waals surface area (Å²) in [4.78, 5) is 25.7. The summed E-state index contributed by atoms with van der Waals surface area (Å²) >= 11 is 0. The van der Waals surface area contributed by atoms with Crippen molar-refractivity contribution in [3.05, 3.63) is 54.9 Å². The quantitative estimate of drug-likeness (QED) is 0.694. The number of amides is 2. The van der Waals surface area contributed by atoms with Gasteiger partial charge in [0.15, 0.2) is 0 Å². The average Bonchev–Trinajstić information content (AvgIpc) is 3.35. The van der Waals surface area contributed by atoms with E-state index in [1.165, 1.54) is 11.1 Å². The summed E-state index contributed by atoms with van der Waals surface area (Å²) in [5.74, 6) is 0. The Morgan fingerprint density at radius 3 is 3.12 bits per heavy atom. The summed E-state index contributed by atoms with van der Waals surface area (Å²) < 4.78 is 2.01. The van der Waals surface area contributed by atoms with Crippen LogP contribution >= 0.6 is 0 Å². The van der Waals surface area contributed by atoms with E-state index in [-0.39, 0.29) is 6.03 Å². The molecule has 7 nitrogen and oxygen atoms in total. The van der Waals surface area contributed by atoms with Crippen molar-refractivity contribution in [2.75, 3.05) is 19.6 Å². The number of hydrogen-bond donors (Lipinski definition) is 2. The molecule has 1 aliphatic rings. The monoisotopic (exact) mass is 350 g/mol. The van der Waals surface area contributed by atoms with Gasteiger partial charge in [-0.3, -0.25) is 0 Å². The number of hydrogen-bond acceptors (Lipinski definition) is 3. The van der Waals surface area contributed by atoms with Gasteiger partial charge in [0, 0.05) is 61.9 Å². The molecule has 0 aromatic carbocycles. The average molecular weight is 350 g/mol. The van der Waals surface area contributed by atoms with Crippen molar-refractivity contribution in [1.82, 2.24) is 29.7 Å². The number of nitrogens with one attached hydrogen (secondary N) is 2. The van der Waals surface area contributed by atoms with Gasteiger partial charge in [-0.15, -0.1) is 0 Å². The molecule has 0 saturated heterocycles. The molecular formula is C19H22N6O. The molecule has 134 valence electrons. The molecule has 3 aromatic heterocycles. The zero-order chi connectivity index (χ0) is 17.8. The summed E-state index contributed by atoms with van der Waals surface area (Å²) in [5.41, 5.74) is 3.36. The van der Waals surface area contributed by atoms with Crippen LogP contribution in [0.2, 0.25) is 0 Å². The van der Waals surface area contributed by atoms with Crippen molar-refractivity contribution in [3.8, 4) is 0 Å². The number of rotatable bonds is 5. The normalized spacial score (nSPS) is 14.5. The van der Waals surface area contributed by atoms with Crippen molar-refractivity contribution >= 4 is 22.6 Å². The summed E-state index contributed by atoms with van der Waals surface area (Å²) in [5, 5.41) is 4.14. The second kappa shape index (κ2) is 7.43. The van der Waals surface area contributed by atoms with Gasteiger partial charge in [0.2, 0.25) is 0 Å². The Kier molecular flexibility index (Phi) is 4.68. The Hall–Kier alpha value is -3.09. The van der Waals surface area contributed by atoms with E-state index in [4.69, 9.17) is 0 Å². The van der Waals surface area contributed by atoms with E-state index in [0.717, 1.165) is 37.0 Å². The highest BCUT2D eigenvalue weighted by Gasteiger charge is 2.19. The van der Waals surface area contributed by atoms with Crippen LogP contribution in [0, 0.1) is 0 Å². The van der Waals surface area contributed by atoms with Gasteiger partial charge in [0.1, 0.15) is 5.65 Å². The molecule has 2 amide bonds. The molecule has 1 aliphatic heterocycles. The van der Waals surface area contributed by atoms with Crippen LogP contribution < -0.4 is 5.32 Å². The molecule has 0 atom stereocenters. The molecule has 0 radical (unpaired) electrons. The van der Waals surface area contributed by atoms with Crippen molar-refractivity contribution in [1.29, 1.82) is 0 Å². The highest BCUT2D eigenvalue weighted by Crippen LogP contribution is 2.28. The predicted molar refractivity (Wildman–Crippen MR) is 101 cm³/mol. The van der Waals surface area contributed by atoms with Crippen LogP contribution in [0.1, 0.15) is 18.4 Å². The smallest absolute Gasteiger partial charge is 0.317 e. The van der Waals surface area contributed by atoms with Crippen LogP contribution in [0.15, 0.2) is 49.3 Å². The minimum absolute atomic E-state index is 0.00604. The lowest BCUT2D eigenvalue weighted by Gasteiger charge is -2.26. The molecule has 3 aromatic rings. The first-order valence-corrected chi connectivity index (χ1v) is 8.91. The van der Waals surface area contributed by atoms with Gasteiger partial charge in [-0.05, 0) is 30.5 Å². The molecule has 0 bridgehead atoms. The third-order valence-electron chi connectivity index (χ3n) is 4.72. The lowest BCUT2D eigenvalue weighted by molar-refractivity contribution is 0.203. The third kappa shape index (κ3) is 3.46. The Morgan fingerprint density at radius 2 is 2.31 bits per heavy atom.